The van der Waals surface area contributed by atoms with Crippen LogP contribution in [0.5, 0.6) is 11.5 Å². The summed E-state index contributed by atoms with van der Waals surface area (Å²) in [5.41, 5.74) is 1.27. The van der Waals surface area contributed by atoms with Crippen LogP contribution in [0.3, 0.4) is 0 Å². The molecular formula is C15H17NO3S. The molecule has 0 fully saturated rings. The molecule has 5 heteroatoms. The van der Waals surface area contributed by atoms with E-state index >= 15 is 0 Å². The summed E-state index contributed by atoms with van der Waals surface area (Å²) in [7, 11) is -3.66. The topological polar surface area (TPSA) is 69.4 Å². The molecular weight excluding hydrogens is 274 g/mol. The lowest BCUT2D eigenvalue weighted by molar-refractivity contribution is 0.482. The average Bonchev–Trinajstić information content (AvgIpc) is 2.41. The van der Waals surface area contributed by atoms with E-state index in [9.17, 15) is 8.42 Å². The summed E-state index contributed by atoms with van der Waals surface area (Å²) >= 11 is 0. The lowest BCUT2D eigenvalue weighted by atomic mass is 10.1. The van der Waals surface area contributed by atoms with Crippen molar-refractivity contribution >= 4 is 10.0 Å². The number of hydrogen-bond donors (Lipinski definition) is 1. The largest absolute Gasteiger partial charge is 0.457 e. The third kappa shape index (κ3) is 3.82. The Hall–Kier alpha value is -1.85. The monoisotopic (exact) mass is 291 g/mol. The molecule has 20 heavy (non-hydrogen) atoms. The van der Waals surface area contributed by atoms with Crippen LogP contribution in [0.4, 0.5) is 0 Å². The van der Waals surface area contributed by atoms with Crippen molar-refractivity contribution in [3.8, 4) is 11.5 Å². The van der Waals surface area contributed by atoms with Crippen LogP contribution in [-0.4, -0.2) is 8.42 Å². The average molecular weight is 291 g/mol. The minimum absolute atomic E-state index is 0.0724. The van der Waals surface area contributed by atoms with Gasteiger partial charge in [0.15, 0.2) is 0 Å². The first-order valence-electron chi connectivity index (χ1n) is 6.38. The van der Waals surface area contributed by atoms with E-state index in [4.69, 9.17) is 9.88 Å². The number of hydrogen-bond acceptors (Lipinski definition) is 3. The lowest BCUT2D eigenvalue weighted by Crippen LogP contribution is -2.11. The van der Waals surface area contributed by atoms with Crippen molar-refractivity contribution in [2.45, 2.75) is 24.7 Å². The number of benzene rings is 2. The number of ether oxygens (including phenoxy) is 1. The number of primary sulfonamides is 1. The third-order valence-corrected chi connectivity index (χ3v) is 3.78. The molecule has 106 valence electrons. The quantitative estimate of drug-likeness (QED) is 0.920. The molecule has 0 saturated heterocycles. The van der Waals surface area contributed by atoms with Gasteiger partial charge in [-0.3, -0.25) is 0 Å². The van der Waals surface area contributed by atoms with E-state index in [0.717, 1.165) is 12.8 Å². The Morgan fingerprint density at radius 1 is 0.950 bits per heavy atom. The van der Waals surface area contributed by atoms with E-state index in [1.165, 1.54) is 17.7 Å². The predicted molar refractivity (Wildman–Crippen MR) is 78.3 cm³/mol. The van der Waals surface area contributed by atoms with E-state index in [1.54, 1.807) is 12.1 Å². The number of nitrogens with two attached hydrogens (primary N) is 1. The SMILES string of the molecule is CCCc1ccc(Oc2ccc(S(N)(=O)=O)cc2)cc1. The van der Waals surface area contributed by atoms with Crippen molar-refractivity contribution in [1.29, 1.82) is 0 Å². The van der Waals surface area contributed by atoms with Gasteiger partial charge in [-0.1, -0.05) is 25.5 Å². The maximum atomic E-state index is 11.1. The number of sulfonamides is 1. The van der Waals surface area contributed by atoms with Crippen LogP contribution in [0.15, 0.2) is 53.4 Å². The van der Waals surface area contributed by atoms with Gasteiger partial charge in [0, 0.05) is 0 Å². The zero-order valence-electron chi connectivity index (χ0n) is 11.2. The van der Waals surface area contributed by atoms with Crippen molar-refractivity contribution in [3.63, 3.8) is 0 Å². The van der Waals surface area contributed by atoms with Crippen LogP contribution in [-0.2, 0) is 16.4 Å². The molecule has 0 saturated carbocycles. The van der Waals surface area contributed by atoms with Gasteiger partial charge in [-0.25, -0.2) is 13.6 Å². The van der Waals surface area contributed by atoms with E-state index < -0.39 is 10.0 Å². The van der Waals surface area contributed by atoms with Crippen molar-refractivity contribution in [3.05, 3.63) is 54.1 Å². The highest BCUT2D eigenvalue weighted by atomic mass is 32.2. The summed E-state index contributed by atoms with van der Waals surface area (Å²) in [5.74, 6) is 1.29. The molecule has 0 aliphatic heterocycles. The Kier molecular flexibility index (Phi) is 4.42. The second kappa shape index (κ2) is 6.07. The molecule has 0 amide bonds. The second-order valence-electron chi connectivity index (χ2n) is 4.51. The predicted octanol–water partition coefficient (Wildman–Crippen LogP) is 3.08. The molecule has 0 aliphatic carbocycles. The molecule has 0 bridgehead atoms. The van der Waals surface area contributed by atoms with Gasteiger partial charge < -0.3 is 4.74 Å². The van der Waals surface area contributed by atoms with Crippen molar-refractivity contribution in [1.82, 2.24) is 0 Å². The van der Waals surface area contributed by atoms with Crippen LogP contribution in [0.25, 0.3) is 0 Å². The zero-order valence-corrected chi connectivity index (χ0v) is 12.1. The van der Waals surface area contributed by atoms with Crippen LogP contribution in [0.1, 0.15) is 18.9 Å². The van der Waals surface area contributed by atoms with Gasteiger partial charge in [0.25, 0.3) is 0 Å². The first kappa shape index (κ1) is 14.6. The normalized spacial score (nSPS) is 11.3. The van der Waals surface area contributed by atoms with Crippen LogP contribution in [0, 0.1) is 0 Å². The Balaban J connectivity index is 2.10. The molecule has 4 nitrogen and oxygen atoms in total. The molecule has 2 rings (SSSR count). The number of aryl methyl sites for hydroxylation is 1. The van der Waals surface area contributed by atoms with Crippen molar-refractivity contribution in [2.75, 3.05) is 0 Å². The summed E-state index contributed by atoms with van der Waals surface area (Å²) in [6, 6.07) is 13.9. The summed E-state index contributed by atoms with van der Waals surface area (Å²) in [6.07, 6.45) is 2.15. The number of rotatable bonds is 5. The first-order valence-corrected chi connectivity index (χ1v) is 7.93. The van der Waals surface area contributed by atoms with Gasteiger partial charge in [-0.05, 0) is 48.4 Å². The highest BCUT2D eigenvalue weighted by Gasteiger charge is 2.07. The van der Waals surface area contributed by atoms with Gasteiger partial charge in [0.05, 0.1) is 4.90 Å². The molecule has 2 aromatic carbocycles. The van der Waals surface area contributed by atoms with Gasteiger partial charge in [0.2, 0.25) is 10.0 Å². The van der Waals surface area contributed by atoms with Gasteiger partial charge in [0.1, 0.15) is 11.5 Å². The molecule has 0 atom stereocenters. The Morgan fingerprint density at radius 2 is 1.45 bits per heavy atom. The highest BCUT2D eigenvalue weighted by molar-refractivity contribution is 7.89. The Bertz CT molecular complexity index is 661. The van der Waals surface area contributed by atoms with Crippen LogP contribution in [0.2, 0.25) is 0 Å². The van der Waals surface area contributed by atoms with Gasteiger partial charge in [-0.2, -0.15) is 0 Å². The zero-order chi connectivity index (χ0) is 14.6. The molecule has 0 aliphatic rings. The minimum Gasteiger partial charge on any atom is -0.457 e. The Morgan fingerprint density at radius 3 is 1.90 bits per heavy atom. The molecule has 2 N–H and O–H groups in total. The first-order chi connectivity index (χ1) is 9.49. The fourth-order valence-electron chi connectivity index (χ4n) is 1.85. The van der Waals surface area contributed by atoms with E-state index in [2.05, 4.69) is 6.92 Å². The summed E-state index contributed by atoms with van der Waals surface area (Å²) < 4.78 is 27.9. The van der Waals surface area contributed by atoms with E-state index in [-0.39, 0.29) is 4.90 Å². The maximum Gasteiger partial charge on any atom is 0.238 e. The lowest BCUT2D eigenvalue weighted by Gasteiger charge is -2.07. The smallest absolute Gasteiger partial charge is 0.238 e. The van der Waals surface area contributed by atoms with Crippen LogP contribution >= 0.6 is 0 Å². The molecule has 0 unspecified atom stereocenters. The minimum atomic E-state index is -3.66. The van der Waals surface area contributed by atoms with Crippen molar-refractivity contribution < 1.29 is 13.2 Å². The summed E-state index contributed by atoms with van der Waals surface area (Å²) in [6.45, 7) is 2.14. The second-order valence-corrected chi connectivity index (χ2v) is 6.07. The third-order valence-electron chi connectivity index (χ3n) is 2.85. The summed E-state index contributed by atoms with van der Waals surface area (Å²) in [4.78, 5) is 0.0724. The molecule has 0 spiro atoms. The molecule has 0 heterocycles. The molecule has 0 aromatic heterocycles. The maximum absolute atomic E-state index is 11.1. The van der Waals surface area contributed by atoms with Crippen molar-refractivity contribution in [2.24, 2.45) is 5.14 Å². The van der Waals surface area contributed by atoms with Gasteiger partial charge >= 0.3 is 0 Å². The highest BCUT2D eigenvalue weighted by Crippen LogP contribution is 2.23. The fraction of sp³-hybridized carbons (Fsp3) is 0.200. The molecule has 2 aromatic rings. The Labute approximate surface area is 119 Å². The van der Waals surface area contributed by atoms with Crippen LogP contribution < -0.4 is 9.88 Å². The van der Waals surface area contributed by atoms with E-state index in [0.29, 0.717) is 11.5 Å². The van der Waals surface area contributed by atoms with E-state index in [1.807, 2.05) is 24.3 Å². The fourth-order valence-corrected chi connectivity index (χ4v) is 2.36. The summed E-state index contributed by atoms with van der Waals surface area (Å²) in [5, 5.41) is 5.04. The standard InChI is InChI=1S/C15H17NO3S/c1-2-3-12-4-6-13(7-5-12)19-14-8-10-15(11-9-14)20(16,17)18/h4-11H,2-3H2,1H3,(H2,16,17,18). The molecule has 0 radical (unpaired) electrons. The van der Waals surface area contributed by atoms with Gasteiger partial charge in [-0.15, -0.1) is 0 Å².